The summed E-state index contributed by atoms with van der Waals surface area (Å²) in [5.41, 5.74) is 8.78. The van der Waals surface area contributed by atoms with Crippen LogP contribution in [0.1, 0.15) is 16.1 Å². The number of anilines is 1. The Morgan fingerprint density at radius 1 is 0.913 bits per heavy atom. The number of aromatic nitrogens is 2. The minimum Gasteiger partial charge on any atom is -0.456 e. The van der Waals surface area contributed by atoms with Crippen LogP contribution in [0.15, 0.2) is 67.0 Å². The molecule has 3 rings (SSSR count). The highest BCUT2D eigenvalue weighted by atomic mass is 16.5. The smallest absolute Gasteiger partial charge is 0.361 e. The summed E-state index contributed by atoms with van der Waals surface area (Å²) in [5, 5.41) is 0. The van der Waals surface area contributed by atoms with Crippen LogP contribution in [0.3, 0.4) is 0 Å². The van der Waals surface area contributed by atoms with Crippen molar-refractivity contribution in [1.82, 2.24) is 9.97 Å². The van der Waals surface area contributed by atoms with E-state index in [9.17, 15) is 4.79 Å². The van der Waals surface area contributed by atoms with E-state index >= 15 is 0 Å². The Labute approximate surface area is 133 Å². The molecule has 1 aromatic heterocycles. The average Bonchev–Trinajstić information content (AvgIpc) is 2.61. The number of hydrogen-bond donors (Lipinski definition) is 1. The fraction of sp³-hybridized carbons (Fsp3) is 0.0556. The summed E-state index contributed by atoms with van der Waals surface area (Å²) in [6.07, 6.45) is 2.83. The number of carbonyl (C=O) groups is 1. The maximum Gasteiger partial charge on any atom is 0.361 e. The Bertz CT molecular complexity index is 802. The van der Waals surface area contributed by atoms with Crippen LogP contribution >= 0.6 is 0 Å². The number of carbonyl (C=O) groups excluding carboxylic acids is 1. The van der Waals surface area contributed by atoms with Crippen molar-refractivity contribution in [2.45, 2.75) is 6.61 Å². The van der Waals surface area contributed by atoms with E-state index in [0.29, 0.717) is 0 Å². The molecule has 0 bridgehead atoms. The summed E-state index contributed by atoms with van der Waals surface area (Å²) < 4.78 is 5.22. The first-order chi connectivity index (χ1) is 11.2. The summed E-state index contributed by atoms with van der Waals surface area (Å²) in [6, 6.07) is 17.9. The lowest BCUT2D eigenvalue weighted by atomic mass is 10.0. The largest absolute Gasteiger partial charge is 0.456 e. The van der Waals surface area contributed by atoms with E-state index in [1.54, 1.807) is 0 Å². The number of esters is 1. The van der Waals surface area contributed by atoms with Crippen LogP contribution in [0.2, 0.25) is 0 Å². The quantitative estimate of drug-likeness (QED) is 0.749. The van der Waals surface area contributed by atoms with Gasteiger partial charge in [0.15, 0.2) is 11.5 Å². The van der Waals surface area contributed by atoms with Crippen molar-refractivity contribution in [3.63, 3.8) is 0 Å². The van der Waals surface area contributed by atoms with Gasteiger partial charge in [-0.05, 0) is 16.7 Å². The maximum absolute atomic E-state index is 11.9. The van der Waals surface area contributed by atoms with Crippen LogP contribution in [0.4, 0.5) is 5.82 Å². The summed E-state index contributed by atoms with van der Waals surface area (Å²) in [4.78, 5) is 19.6. The Hall–Kier alpha value is -3.21. The van der Waals surface area contributed by atoms with Crippen LogP contribution in [0.5, 0.6) is 0 Å². The van der Waals surface area contributed by atoms with E-state index in [-0.39, 0.29) is 18.1 Å². The van der Waals surface area contributed by atoms with Crippen molar-refractivity contribution < 1.29 is 9.53 Å². The van der Waals surface area contributed by atoms with Gasteiger partial charge in [0.1, 0.15) is 6.61 Å². The second-order valence-electron chi connectivity index (χ2n) is 4.93. The van der Waals surface area contributed by atoms with Crippen LogP contribution in [0, 0.1) is 0 Å². The van der Waals surface area contributed by atoms with E-state index in [1.807, 2.05) is 54.6 Å². The van der Waals surface area contributed by atoms with E-state index in [4.69, 9.17) is 10.5 Å². The lowest BCUT2D eigenvalue weighted by Gasteiger charge is -2.07. The van der Waals surface area contributed by atoms with Gasteiger partial charge in [0, 0.05) is 12.4 Å². The van der Waals surface area contributed by atoms with E-state index < -0.39 is 5.97 Å². The molecule has 0 radical (unpaired) electrons. The third-order valence-corrected chi connectivity index (χ3v) is 3.35. The molecule has 1 heterocycles. The molecule has 0 saturated carbocycles. The summed E-state index contributed by atoms with van der Waals surface area (Å²) in [6.45, 7) is 0.157. The molecule has 23 heavy (non-hydrogen) atoms. The second-order valence-corrected chi connectivity index (χ2v) is 4.93. The molecule has 0 atom stereocenters. The lowest BCUT2D eigenvalue weighted by molar-refractivity contribution is 0.0466. The van der Waals surface area contributed by atoms with Gasteiger partial charge in [-0.3, -0.25) is 0 Å². The highest BCUT2D eigenvalue weighted by Gasteiger charge is 2.13. The van der Waals surface area contributed by atoms with Crippen molar-refractivity contribution in [3.05, 3.63) is 78.2 Å². The Morgan fingerprint density at radius 3 is 2.26 bits per heavy atom. The fourth-order valence-corrected chi connectivity index (χ4v) is 2.15. The molecule has 3 aromatic rings. The molecule has 0 saturated heterocycles. The van der Waals surface area contributed by atoms with Crippen molar-refractivity contribution in [2.24, 2.45) is 0 Å². The maximum atomic E-state index is 11.9. The van der Waals surface area contributed by atoms with E-state index in [1.165, 1.54) is 12.4 Å². The Morgan fingerprint density at radius 2 is 1.57 bits per heavy atom. The lowest BCUT2D eigenvalue weighted by Crippen LogP contribution is -2.11. The molecule has 0 unspecified atom stereocenters. The average molecular weight is 305 g/mol. The van der Waals surface area contributed by atoms with Crippen LogP contribution in [-0.4, -0.2) is 15.9 Å². The first-order valence-corrected chi connectivity index (χ1v) is 7.12. The number of nitrogens with two attached hydrogens (primary N) is 1. The van der Waals surface area contributed by atoms with Gasteiger partial charge in [-0.2, -0.15) is 0 Å². The Kier molecular flexibility index (Phi) is 4.29. The van der Waals surface area contributed by atoms with Crippen molar-refractivity contribution in [1.29, 1.82) is 0 Å². The zero-order chi connectivity index (χ0) is 16.1. The monoisotopic (exact) mass is 305 g/mol. The van der Waals surface area contributed by atoms with Gasteiger partial charge in [-0.1, -0.05) is 54.6 Å². The molecule has 5 heteroatoms. The van der Waals surface area contributed by atoms with Gasteiger partial charge < -0.3 is 10.5 Å². The molecule has 0 spiro atoms. The van der Waals surface area contributed by atoms with E-state index in [2.05, 4.69) is 9.97 Å². The third kappa shape index (κ3) is 3.52. The molecular weight excluding hydrogens is 290 g/mol. The zero-order valence-electron chi connectivity index (χ0n) is 12.3. The highest BCUT2D eigenvalue weighted by molar-refractivity contribution is 5.91. The summed E-state index contributed by atoms with van der Waals surface area (Å²) in [7, 11) is 0. The number of rotatable bonds is 4. The van der Waals surface area contributed by atoms with Gasteiger partial charge in [0.2, 0.25) is 0 Å². The predicted molar refractivity (Wildman–Crippen MR) is 87.4 cm³/mol. The standard InChI is InChI=1S/C18H15N3O2/c19-17-16(20-10-11-21-17)18(22)23-12-13-6-8-15(9-7-13)14-4-2-1-3-5-14/h1-11H,12H2,(H2,19,21). The molecule has 114 valence electrons. The molecule has 0 fully saturated rings. The van der Waals surface area contributed by atoms with Gasteiger partial charge >= 0.3 is 5.97 Å². The number of ether oxygens (including phenoxy) is 1. The highest BCUT2D eigenvalue weighted by Crippen LogP contribution is 2.19. The molecule has 2 N–H and O–H groups in total. The van der Waals surface area contributed by atoms with Gasteiger partial charge in [-0.15, -0.1) is 0 Å². The molecule has 0 aliphatic heterocycles. The SMILES string of the molecule is Nc1nccnc1C(=O)OCc1ccc(-c2ccccc2)cc1. The summed E-state index contributed by atoms with van der Waals surface area (Å²) in [5.74, 6) is -0.514. The fourth-order valence-electron chi connectivity index (χ4n) is 2.15. The first-order valence-electron chi connectivity index (χ1n) is 7.12. The molecule has 0 amide bonds. The van der Waals surface area contributed by atoms with Crippen LogP contribution in [-0.2, 0) is 11.3 Å². The number of hydrogen-bond acceptors (Lipinski definition) is 5. The van der Waals surface area contributed by atoms with Gasteiger partial charge in [0.05, 0.1) is 0 Å². The normalized spacial score (nSPS) is 10.3. The number of benzene rings is 2. The predicted octanol–water partition coefficient (Wildman–Crippen LogP) is 3.08. The number of nitrogens with zero attached hydrogens (tertiary/aromatic N) is 2. The van der Waals surface area contributed by atoms with Gasteiger partial charge in [-0.25, -0.2) is 14.8 Å². The van der Waals surface area contributed by atoms with Crippen molar-refractivity contribution >= 4 is 11.8 Å². The number of nitrogen functional groups attached to an aromatic ring is 1. The second kappa shape index (κ2) is 6.70. The summed E-state index contributed by atoms with van der Waals surface area (Å²) >= 11 is 0. The van der Waals surface area contributed by atoms with Crippen molar-refractivity contribution in [3.8, 4) is 11.1 Å². The topological polar surface area (TPSA) is 78.1 Å². The third-order valence-electron chi connectivity index (χ3n) is 3.35. The van der Waals surface area contributed by atoms with Gasteiger partial charge in [0.25, 0.3) is 0 Å². The minimum absolute atomic E-state index is 0.0356. The van der Waals surface area contributed by atoms with E-state index in [0.717, 1.165) is 16.7 Å². The molecule has 5 nitrogen and oxygen atoms in total. The zero-order valence-corrected chi connectivity index (χ0v) is 12.3. The molecule has 0 aliphatic carbocycles. The first kappa shape index (κ1) is 14.7. The van der Waals surface area contributed by atoms with Crippen molar-refractivity contribution in [2.75, 3.05) is 5.73 Å². The molecule has 0 aliphatic rings. The minimum atomic E-state index is -0.581. The molecule has 2 aromatic carbocycles. The van der Waals surface area contributed by atoms with Crippen LogP contribution in [0.25, 0.3) is 11.1 Å². The molecular formula is C18H15N3O2. The van der Waals surface area contributed by atoms with Crippen LogP contribution < -0.4 is 5.73 Å². The Balaban J connectivity index is 1.65.